The molecular weight excluding hydrogens is 342 g/mol. The van der Waals surface area contributed by atoms with Crippen molar-refractivity contribution in [1.29, 1.82) is 0 Å². The number of hydrogen-bond acceptors (Lipinski definition) is 3. The highest BCUT2D eigenvalue weighted by Gasteiger charge is 2.38. The fourth-order valence-electron chi connectivity index (χ4n) is 4.92. The van der Waals surface area contributed by atoms with Crippen LogP contribution < -0.4 is 10.6 Å². The third-order valence-corrected chi connectivity index (χ3v) is 6.37. The molecule has 1 aliphatic heterocycles. The van der Waals surface area contributed by atoms with Crippen LogP contribution in [0.1, 0.15) is 42.5 Å². The van der Waals surface area contributed by atoms with E-state index in [1.165, 1.54) is 25.7 Å². The van der Waals surface area contributed by atoms with E-state index in [1.54, 1.807) is 29.2 Å². The van der Waals surface area contributed by atoms with Gasteiger partial charge in [-0.15, -0.1) is 0 Å². The smallest absolute Gasteiger partial charge is 0.319 e. The van der Waals surface area contributed by atoms with Gasteiger partial charge in [0.2, 0.25) is 0 Å². The van der Waals surface area contributed by atoms with Gasteiger partial charge in [0.15, 0.2) is 0 Å². The number of rotatable bonds is 5. The number of nitrogens with zero attached hydrogens (tertiary/aromatic N) is 1. The van der Waals surface area contributed by atoms with Crippen LogP contribution >= 0.6 is 0 Å². The Morgan fingerprint density at radius 2 is 1.85 bits per heavy atom. The lowest BCUT2D eigenvalue weighted by Gasteiger charge is -2.26. The molecule has 3 unspecified atom stereocenters. The van der Waals surface area contributed by atoms with Gasteiger partial charge in [-0.25, -0.2) is 4.79 Å². The van der Waals surface area contributed by atoms with Crippen molar-refractivity contribution in [3.8, 4) is 0 Å². The third-order valence-electron chi connectivity index (χ3n) is 6.37. The molecule has 6 nitrogen and oxygen atoms in total. The molecule has 2 aliphatic carbocycles. The number of fused-ring (bicyclic) bond motifs is 2. The third kappa shape index (κ3) is 4.43. The Kier molecular flexibility index (Phi) is 5.62. The number of ether oxygens (including phenoxy) is 1. The van der Waals surface area contributed by atoms with Crippen LogP contribution in [0.25, 0.3) is 0 Å². The van der Waals surface area contributed by atoms with Gasteiger partial charge < -0.3 is 20.3 Å². The van der Waals surface area contributed by atoms with Crippen LogP contribution in [0.3, 0.4) is 0 Å². The van der Waals surface area contributed by atoms with Gasteiger partial charge in [0.25, 0.3) is 5.91 Å². The second-order valence-corrected chi connectivity index (χ2v) is 8.09. The Balaban J connectivity index is 1.20. The van der Waals surface area contributed by atoms with Gasteiger partial charge in [-0.2, -0.15) is 0 Å². The first kappa shape index (κ1) is 18.3. The van der Waals surface area contributed by atoms with E-state index < -0.39 is 0 Å². The Labute approximate surface area is 160 Å². The average molecular weight is 371 g/mol. The molecule has 1 aromatic rings. The van der Waals surface area contributed by atoms with Crippen LogP contribution in [0.4, 0.5) is 10.5 Å². The van der Waals surface area contributed by atoms with E-state index in [2.05, 4.69) is 10.6 Å². The molecule has 2 N–H and O–H groups in total. The van der Waals surface area contributed by atoms with Crippen molar-refractivity contribution in [2.45, 2.75) is 32.1 Å². The number of urea groups is 1. The Morgan fingerprint density at radius 3 is 2.52 bits per heavy atom. The summed E-state index contributed by atoms with van der Waals surface area (Å²) >= 11 is 0. The molecule has 0 radical (unpaired) electrons. The fourth-order valence-corrected chi connectivity index (χ4v) is 4.92. The van der Waals surface area contributed by atoms with E-state index in [0.717, 1.165) is 30.7 Å². The lowest BCUT2D eigenvalue weighted by atomic mass is 9.86. The summed E-state index contributed by atoms with van der Waals surface area (Å²) in [6, 6.07) is 6.92. The number of carbonyl (C=O) groups is 2. The molecule has 3 atom stereocenters. The molecule has 0 aromatic heterocycles. The summed E-state index contributed by atoms with van der Waals surface area (Å²) in [7, 11) is 0. The zero-order valence-corrected chi connectivity index (χ0v) is 15.8. The largest absolute Gasteiger partial charge is 0.378 e. The molecule has 3 amide bonds. The number of anilines is 1. The minimum atomic E-state index is -0.176. The predicted octanol–water partition coefficient (Wildman–Crippen LogP) is 3.11. The van der Waals surface area contributed by atoms with Crippen molar-refractivity contribution >= 4 is 17.6 Å². The molecular formula is C21H29N3O3. The molecule has 4 rings (SSSR count). The van der Waals surface area contributed by atoms with Crippen molar-refractivity contribution in [2.75, 3.05) is 38.2 Å². The highest BCUT2D eigenvalue weighted by atomic mass is 16.5. The first-order chi connectivity index (χ1) is 13.2. The fraction of sp³-hybridized carbons (Fsp3) is 0.619. The standard InChI is InChI=1S/C21H29N3O3/c25-20(24-9-11-27-12-10-24)16-3-5-19(6-4-16)23-21(26)22-8-7-18-14-15-1-2-17(18)13-15/h3-6,15,17-18H,1-2,7-14H2,(H2,22,23,26). The molecule has 146 valence electrons. The molecule has 0 spiro atoms. The second-order valence-electron chi connectivity index (χ2n) is 8.09. The van der Waals surface area contributed by atoms with E-state index in [0.29, 0.717) is 37.6 Å². The van der Waals surface area contributed by atoms with E-state index in [4.69, 9.17) is 4.74 Å². The first-order valence-electron chi connectivity index (χ1n) is 10.2. The number of carbonyl (C=O) groups excluding carboxylic acids is 2. The van der Waals surface area contributed by atoms with Crippen molar-refractivity contribution in [3.05, 3.63) is 29.8 Å². The van der Waals surface area contributed by atoms with Crippen LogP contribution in [0.15, 0.2) is 24.3 Å². The van der Waals surface area contributed by atoms with Gasteiger partial charge in [-0.05, 0) is 67.7 Å². The van der Waals surface area contributed by atoms with Crippen molar-refractivity contribution in [1.82, 2.24) is 10.2 Å². The molecule has 1 saturated heterocycles. The number of nitrogens with one attached hydrogen (secondary N) is 2. The van der Waals surface area contributed by atoms with Gasteiger partial charge in [0.05, 0.1) is 13.2 Å². The van der Waals surface area contributed by atoms with E-state index in [9.17, 15) is 9.59 Å². The average Bonchev–Trinajstić information content (AvgIpc) is 3.32. The second kappa shape index (κ2) is 8.30. The molecule has 2 bridgehead atoms. The maximum Gasteiger partial charge on any atom is 0.319 e. The molecule has 1 aromatic carbocycles. The number of amides is 3. The van der Waals surface area contributed by atoms with Gasteiger partial charge >= 0.3 is 6.03 Å². The molecule has 27 heavy (non-hydrogen) atoms. The summed E-state index contributed by atoms with van der Waals surface area (Å²) in [5.74, 6) is 2.67. The van der Waals surface area contributed by atoms with E-state index in [-0.39, 0.29) is 11.9 Å². The van der Waals surface area contributed by atoms with Crippen molar-refractivity contribution < 1.29 is 14.3 Å². The molecule has 6 heteroatoms. The summed E-state index contributed by atoms with van der Waals surface area (Å²) in [5, 5.41) is 5.82. The van der Waals surface area contributed by atoms with Gasteiger partial charge in [0, 0.05) is 30.9 Å². The minimum Gasteiger partial charge on any atom is -0.378 e. The topological polar surface area (TPSA) is 70.7 Å². The van der Waals surface area contributed by atoms with Crippen LogP contribution in [-0.4, -0.2) is 49.7 Å². The van der Waals surface area contributed by atoms with E-state index >= 15 is 0 Å². The lowest BCUT2D eigenvalue weighted by Crippen LogP contribution is -2.40. The summed E-state index contributed by atoms with van der Waals surface area (Å²) < 4.78 is 5.28. The molecule has 3 aliphatic rings. The lowest BCUT2D eigenvalue weighted by molar-refractivity contribution is 0.0303. The number of benzene rings is 1. The molecule has 1 heterocycles. The first-order valence-corrected chi connectivity index (χ1v) is 10.2. The summed E-state index contributed by atoms with van der Waals surface area (Å²) in [5.41, 5.74) is 1.34. The SMILES string of the molecule is O=C(NCCC1CC2CCC1C2)Nc1ccc(C(=O)N2CCOCC2)cc1. The number of hydrogen-bond donors (Lipinski definition) is 2. The highest BCUT2D eigenvalue weighted by Crippen LogP contribution is 2.49. The van der Waals surface area contributed by atoms with Gasteiger partial charge in [-0.3, -0.25) is 4.79 Å². The monoisotopic (exact) mass is 371 g/mol. The Hall–Kier alpha value is -2.08. The van der Waals surface area contributed by atoms with E-state index in [1.807, 2.05) is 0 Å². The maximum absolute atomic E-state index is 12.4. The Morgan fingerprint density at radius 1 is 1.07 bits per heavy atom. The molecule has 2 saturated carbocycles. The van der Waals surface area contributed by atoms with Crippen LogP contribution in [0.2, 0.25) is 0 Å². The van der Waals surface area contributed by atoms with Crippen molar-refractivity contribution in [2.24, 2.45) is 17.8 Å². The van der Waals surface area contributed by atoms with Crippen LogP contribution in [0, 0.1) is 17.8 Å². The summed E-state index contributed by atoms with van der Waals surface area (Å²) in [6.07, 6.45) is 6.65. The summed E-state index contributed by atoms with van der Waals surface area (Å²) in [4.78, 5) is 26.3. The zero-order chi connectivity index (χ0) is 18.6. The van der Waals surface area contributed by atoms with Crippen LogP contribution in [0.5, 0.6) is 0 Å². The normalized spacial score (nSPS) is 26.8. The van der Waals surface area contributed by atoms with Gasteiger partial charge in [-0.1, -0.05) is 6.42 Å². The minimum absolute atomic E-state index is 0.0140. The van der Waals surface area contributed by atoms with Gasteiger partial charge in [0.1, 0.15) is 0 Å². The zero-order valence-electron chi connectivity index (χ0n) is 15.8. The summed E-state index contributed by atoms with van der Waals surface area (Å²) in [6.45, 7) is 3.17. The quantitative estimate of drug-likeness (QED) is 0.835. The predicted molar refractivity (Wildman–Crippen MR) is 104 cm³/mol. The van der Waals surface area contributed by atoms with Crippen LogP contribution in [-0.2, 0) is 4.74 Å². The number of morpholine rings is 1. The van der Waals surface area contributed by atoms with Crippen molar-refractivity contribution in [3.63, 3.8) is 0 Å². The molecule has 3 fully saturated rings. The maximum atomic E-state index is 12.4. The highest BCUT2D eigenvalue weighted by molar-refractivity contribution is 5.95. The Bertz CT molecular complexity index is 670.